The van der Waals surface area contributed by atoms with Gasteiger partial charge in [0.25, 0.3) is 5.91 Å². The lowest BCUT2D eigenvalue weighted by Crippen LogP contribution is -2.42. The number of amides is 1. The van der Waals surface area contributed by atoms with Crippen LogP contribution in [0.5, 0.6) is 0 Å². The molecule has 1 aliphatic rings. The molecule has 1 amide bonds. The predicted octanol–water partition coefficient (Wildman–Crippen LogP) is 2.49. The summed E-state index contributed by atoms with van der Waals surface area (Å²) in [7, 11) is 5.70. The molecular weight excluding hydrogens is 316 g/mol. The Hall–Kier alpha value is -2.82. The summed E-state index contributed by atoms with van der Waals surface area (Å²) in [4.78, 5) is 28.4. The number of hydrogen-bond acceptors (Lipinski definition) is 4. The first kappa shape index (κ1) is 17.0. The quantitative estimate of drug-likeness (QED) is 0.804. The molecule has 5 nitrogen and oxygen atoms in total. The van der Waals surface area contributed by atoms with Gasteiger partial charge < -0.3 is 14.5 Å². The summed E-state index contributed by atoms with van der Waals surface area (Å²) in [5, 5.41) is 0. The molecule has 1 aliphatic heterocycles. The first-order valence-electron chi connectivity index (χ1n) is 8.26. The van der Waals surface area contributed by atoms with Crippen LogP contribution >= 0.6 is 0 Å². The number of hydrogen-bond donors (Lipinski definition) is 0. The number of anilines is 1. The van der Waals surface area contributed by atoms with E-state index in [-0.39, 0.29) is 5.91 Å². The van der Waals surface area contributed by atoms with Crippen LogP contribution in [-0.4, -0.2) is 44.0 Å². The lowest BCUT2D eigenvalue weighted by molar-refractivity contribution is -0.140. The monoisotopic (exact) mass is 338 g/mol. The van der Waals surface area contributed by atoms with E-state index in [2.05, 4.69) is 0 Å². The number of fused-ring (bicyclic) bond motifs is 1. The van der Waals surface area contributed by atoms with Crippen LogP contribution in [0.15, 0.2) is 48.5 Å². The Balaban J connectivity index is 1.68. The van der Waals surface area contributed by atoms with Gasteiger partial charge in [-0.1, -0.05) is 30.3 Å². The molecule has 3 rings (SSSR count). The van der Waals surface area contributed by atoms with Gasteiger partial charge in [-0.15, -0.1) is 0 Å². The highest BCUT2D eigenvalue weighted by molar-refractivity contribution is 5.95. The van der Waals surface area contributed by atoms with E-state index in [4.69, 9.17) is 4.74 Å². The van der Waals surface area contributed by atoms with Crippen molar-refractivity contribution in [1.29, 1.82) is 0 Å². The number of cyclic esters (lactones) is 1. The zero-order valence-electron chi connectivity index (χ0n) is 14.7. The second-order valence-corrected chi connectivity index (χ2v) is 6.51. The number of likely N-dealkylation sites (N-methyl/N-ethyl adjacent to an activating group) is 1. The van der Waals surface area contributed by atoms with Crippen LogP contribution in [0.25, 0.3) is 0 Å². The third kappa shape index (κ3) is 3.65. The lowest BCUT2D eigenvalue weighted by atomic mass is 9.98. The van der Waals surface area contributed by atoms with Gasteiger partial charge in [-0.25, -0.2) is 4.79 Å². The second-order valence-electron chi connectivity index (χ2n) is 6.51. The molecule has 0 saturated carbocycles. The van der Waals surface area contributed by atoms with E-state index >= 15 is 0 Å². The van der Waals surface area contributed by atoms with Gasteiger partial charge in [-0.3, -0.25) is 4.79 Å². The van der Waals surface area contributed by atoms with Crippen LogP contribution in [0, 0.1) is 0 Å². The zero-order chi connectivity index (χ0) is 18.0. The van der Waals surface area contributed by atoms with Crippen molar-refractivity contribution in [3.05, 3.63) is 65.2 Å². The van der Waals surface area contributed by atoms with Gasteiger partial charge in [-0.2, -0.15) is 0 Å². The van der Waals surface area contributed by atoms with Crippen LogP contribution in [0.4, 0.5) is 5.69 Å². The molecule has 1 atom stereocenters. The molecule has 0 aliphatic carbocycles. The van der Waals surface area contributed by atoms with Gasteiger partial charge in [0.2, 0.25) is 0 Å². The minimum absolute atomic E-state index is 0.181. The summed E-state index contributed by atoms with van der Waals surface area (Å²) >= 11 is 0. The fourth-order valence-corrected chi connectivity index (χ4v) is 2.97. The maximum absolute atomic E-state index is 12.7. The zero-order valence-corrected chi connectivity index (χ0v) is 14.7. The Bertz CT molecular complexity index is 784. The first-order valence-corrected chi connectivity index (χ1v) is 8.26. The van der Waals surface area contributed by atoms with E-state index in [1.54, 1.807) is 24.1 Å². The number of carbonyl (C=O) groups is 2. The summed E-state index contributed by atoms with van der Waals surface area (Å²) in [6.07, 6.45) is -0.335. The number of esters is 1. The van der Waals surface area contributed by atoms with E-state index in [0.717, 1.165) is 16.8 Å². The Morgan fingerprint density at radius 3 is 2.44 bits per heavy atom. The molecule has 0 spiro atoms. The number of carbonyl (C=O) groups excluding carboxylic acids is 2. The van der Waals surface area contributed by atoms with Gasteiger partial charge in [0, 0.05) is 39.8 Å². The van der Waals surface area contributed by atoms with Gasteiger partial charge >= 0.3 is 5.97 Å². The van der Waals surface area contributed by atoms with Gasteiger partial charge in [0.15, 0.2) is 6.10 Å². The van der Waals surface area contributed by atoms with Crippen molar-refractivity contribution in [3.63, 3.8) is 0 Å². The average Bonchev–Trinajstić information content (AvgIpc) is 2.61. The maximum atomic E-state index is 12.7. The minimum atomic E-state index is -0.756. The van der Waals surface area contributed by atoms with Crippen LogP contribution in [-0.2, 0) is 22.5 Å². The number of benzene rings is 2. The molecule has 0 unspecified atom stereocenters. The smallest absolute Gasteiger partial charge is 0.339 e. The first-order chi connectivity index (χ1) is 12.0. The Morgan fingerprint density at radius 2 is 1.76 bits per heavy atom. The van der Waals surface area contributed by atoms with Gasteiger partial charge in [0.1, 0.15) is 0 Å². The van der Waals surface area contributed by atoms with E-state index in [9.17, 15) is 9.59 Å². The standard InChI is InChI=1S/C20H22N2O3/c1-21(2)16-10-8-14(9-11-16)13-22(3)19(23)18-12-15-6-4-5-7-17(15)20(24)25-18/h4-11,18H,12-13H2,1-3H3/t18-/m1/s1. The lowest BCUT2D eigenvalue weighted by Gasteiger charge is -2.27. The molecule has 0 fully saturated rings. The van der Waals surface area contributed by atoms with Crippen molar-refractivity contribution >= 4 is 17.6 Å². The average molecular weight is 338 g/mol. The minimum Gasteiger partial charge on any atom is -0.448 e. The van der Waals surface area contributed by atoms with E-state index in [1.807, 2.05) is 55.4 Å². The fourth-order valence-electron chi connectivity index (χ4n) is 2.97. The highest BCUT2D eigenvalue weighted by atomic mass is 16.5. The predicted molar refractivity (Wildman–Crippen MR) is 96.6 cm³/mol. The summed E-state index contributed by atoms with van der Waals surface area (Å²) in [5.74, 6) is -0.608. The molecule has 25 heavy (non-hydrogen) atoms. The van der Waals surface area contributed by atoms with Gasteiger partial charge in [-0.05, 0) is 29.3 Å². The number of ether oxygens (including phenoxy) is 1. The van der Waals surface area contributed by atoms with Crippen molar-refractivity contribution in [2.75, 3.05) is 26.0 Å². The third-order valence-electron chi connectivity index (χ3n) is 4.42. The van der Waals surface area contributed by atoms with Crippen LogP contribution in [0.1, 0.15) is 21.5 Å². The van der Waals surface area contributed by atoms with Crippen LogP contribution in [0.2, 0.25) is 0 Å². The highest BCUT2D eigenvalue weighted by Gasteiger charge is 2.32. The summed E-state index contributed by atoms with van der Waals surface area (Å²) in [6, 6.07) is 15.3. The Kier molecular flexibility index (Phi) is 4.74. The van der Waals surface area contributed by atoms with Crippen molar-refractivity contribution < 1.29 is 14.3 Å². The van der Waals surface area contributed by atoms with Gasteiger partial charge in [0.05, 0.1) is 5.56 Å². The molecule has 5 heteroatoms. The SMILES string of the molecule is CN(Cc1ccc(N(C)C)cc1)C(=O)[C@H]1Cc2ccccc2C(=O)O1. The number of rotatable bonds is 4. The fraction of sp³-hybridized carbons (Fsp3) is 0.300. The number of nitrogens with zero attached hydrogens (tertiary/aromatic N) is 2. The molecule has 0 bridgehead atoms. The topological polar surface area (TPSA) is 49.9 Å². The summed E-state index contributed by atoms with van der Waals surface area (Å²) < 4.78 is 5.35. The van der Waals surface area contributed by atoms with E-state index < -0.39 is 12.1 Å². The van der Waals surface area contributed by atoms with E-state index in [0.29, 0.717) is 18.5 Å². The van der Waals surface area contributed by atoms with E-state index in [1.165, 1.54) is 0 Å². The maximum Gasteiger partial charge on any atom is 0.339 e. The van der Waals surface area contributed by atoms with Crippen molar-refractivity contribution in [2.45, 2.75) is 19.1 Å². The van der Waals surface area contributed by atoms with Crippen molar-refractivity contribution in [2.24, 2.45) is 0 Å². The molecule has 0 saturated heterocycles. The molecule has 2 aromatic carbocycles. The molecule has 0 radical (unpaired) electrons. The summed E-state index contributed by atoms with van der Waals surface area (Å²) in [5.41, 5.74) is 3.55. The largest absolute Gasteiger partial charge is 0.448 e. The van der Waals surface area contributed by atoms with Crippen molar-refractivity contribution in [1.82, 2.24) is 4.90 Å². The Labute approximate surface area is 147 Å². The Morgan fingerprint density at radius 1 is 1.08 bits per heavy atom. The van der Waals surface area contributed by atoms with Crippen molar-refractivity contribution in [3.8, 4) is 0 Å². The van der Waals surface area contributed by atoms with Crippen LogP contribution in [0.3, 0.4) is 0 Å². The molecule has 130 valence electrons. The molecule has 0 N–H and O–H groups in total. The van der Waals surface area contributed by atoms with Crippen LogP contribution < -0.4 is 4.90 Å². The summed E-state index contributed by atoms with van der Waals surface area (Å²) in [6.45, 7) is 0.474. The molecule has 1 heterocycles. The second kappa shape index (κ2) is 6.97. The molecule has 0 aromatic heterocycles. The normalized spacial score (nSPS) is 16.0. The molecular formula is C20H22N2O3. The molecule has 2 aromatic rings. The third-order valence-corrected chi connectivity index (χ3v) is 4.42. The highest BCUT2D eigenvalue weighted by Crippen LogP contribution is 2.22.